The summed E-state index contributed by atoms with van der Waals surface area (Å²) in [5.74, 6) is -0.549. The summed E-state index contributed by atoms with van der Waals surface area (Å²) in [5.41, 5.74) is 0. The second-order valence-electron chi connectivity index (χ2n) is 2.66. The van der Waals surface area contributed by atoms with Gasteiger partial charge in [-0.25, -0.2) is 4.79 Å². The van der Waals surface area contributed by atoms with Gasteiger partial charge in [-0.1, -0.05) is 12.2 Å². The van der Waals surface area contributed by atoms with Crippen molar-refractivity contribution < 1.29 is 14.6 Å². The standard InChI is InChI=1S/C7H8O3/c8-6-4-2-1-3-5(4)10-7(6)9/h1-2,4-6,8H,3H2/t4-,5+,6-/m1/s1. The van der Waals surface area contributed by atoms with Crippen LogP contribution in [-0.4, -0.2) is 23.3 Å². The van der Waals surface area contributed by atoms with Gasteiger partial charge in [0.25, 0.3) is 0 Å². The van der Waals surface area contributed by atoms with Crippen LogP contribution in [0.5, 0.6) is 0 Å². The van der Waals surface area contributed by atoms with Crippen molar-refractivity contribution in [2.24, 2.45) is 5.92 Å². The minimum atomic E-state index is -0.913. The molecule has 1 fully saturated rings. The molecule has 2 rings (SSSR count). The summed E-state index contributed by atoms with van der Waals surface area (Å²) in [6.07, 6.45) is 3.55. The lowest BCUT2D eigenvalue weighted by Gasteiger charge is -2.05. The normalized spacial score (nSPS) is 43.7. The fourth-order valence-electron chi connectivity index (χ4n) is 1.46. The molecule has 54 valence electrons. The average Bonchev–Trinajstić information content (AvgIpc) is 2.41. The smallest absolute Gasteiger partial charge is 0.336 e. The van der Waals surface area contributed by atoms with Crippen LogP contribution in [0.4, 0.5) is 0 Å². The molecule has 0 spiro atoms. The lowest BCUT2D eigenvalue weighted by molar-refractivity contribution is -0.147. The van der Waals surface area contributed by atoms with E-state index in [1.54, 1.807) is 0 Å². The number of hydrogen-bond donors (Lipinski definition) is 1. The van der Waals surface area contributed by atoms with E-state index in [0.717, 1.165) is 6.42 Å². The Kier molecular flexibility index (Phi) is 1.08. The molecule has 1 aliphatic heterocycles. The van der Waals surface area contributed by atoms with Crippen LogP contribution in [0.25, 0.3) is 0 Å². The Morgan fingerprint density at radius 2 is 2.50 bits per heavy atom. The number of carbonyl (C=O) groups excluding carboxylic acids is 1. The van der Waals surface area contributed by atoms with Crippen LogP contribution in [0.2, 0.25) is 0 Å². The minimum absolute atomic E-state index is 0.0764. The molecule has 1 N–H and O–H groups in total. The molecule has 0 bridgehead atoms. The van der Waals surface area contributed by atoms with E-state index in [4.69, 9.17) is 9.84 Å². The molecule has 0 radical (unpaired) electrons. The van der Waals surface area contributed by atoms with Crippen LogP contribution in [0.15, 0.2) is 12.2 Å². The molecule has 0 aromatic rings. The summed E-state index contributed by atoms with van der Waals surface area (Å²) < 4.78 is 4.85. The topological polar surface area (TPSA) is 46.5 Å². The van der Waals surface area contributed by atoms with Crippen molar-refractivity contribution in [3.63, 3.8) is 0 Å². The van der Waals surface area contributed by atoms with Gasteiger partial charge in [0.05, 0.1) is 5.92 Å². The minimum Gasteiger partial charge on any atom is -0.459 e. The molecule has 3 atom stereocenters. The Labute approximate surface area is 58.3 Å². The van der Waals surface area contributed by atoms with Crippen LogP contribution in [0.1, 0.15) is 6.42 Å². The maximum Gasteiger partial charge on any atom is 0.336 e. The number of rotatable bonds is 0. The van der Waals surface area contributed by atoms with Crippen molar-refractivity contribution >= 4 is 5.97 Å². The molecule has 0 saturated carbocycles. The molecule has 3 nitrogen and oxygen atoms in total. The van der Waals surface area contributed by atoms with Crippen molar-refractivity contribution in [2.75, 3.05) is 0 Å². The maximum absolute atomic E-state index is 10.7. The highest BCUT2D eigenvalue weighted by Crippen LogP contribution is 2.31. The van der Waals surface area contributed by atoms with E-state index in [2.05, 4.69) is 0 Å². The van der Waals surface area contributed by atoms with Gasteiger partial charge in [0.2, 0.25) is 0 Å². The van der Waals surface area contributed by atoms with Crippen LogP contribution < -0.4 is 0 Å². The molecular formula is C7H8O3. The molecule has 1 aliphatic carbocycles. The quantitative estimate of drug-likeness (QED) is 0.376. The van der Waals surface area contributed by atoms with Gasteiger partial charge < -0.3 is 9.84 Å². The Bertz CT molecular complexity index is 197. The average molecular weight is 140 g/mol. The van der Waals surface area contributed by atoms with E-state index in [-0.39, 0.29) is 12.0 Å². The first-order valence-electron chi connectivity index (χ1n) is 3.34. The lowest BCUT2D eigenvalue weighted by atomic mass is 10.0. The summed E-state index contributed by atoms with van der Waals surface area (Å²) in [6.45, 7) is 0. The number of fused-ring (bicyclic) bond motifs is 1. The molecule has 0 aromatic carbocycles. The zero-order chi connectivity index (χ0) is 7.14. The second-order valence-corrected chi connectivity index (χ2v) is 2.66. The molecule has 3 heteroatoms. The maximum atomic E-state index is 10.7. The van der Waals surface area contributed by atoms with Gasteiger partial charge >= 0.3 is 5.97 Å². The molecule has 2 aliphatic rings. The molecule has 0 unspecified atom stereocenters. The van der Waals surface area contributed by atoms with Gasteiger partial charge in [-0.2, -0.15) is 0 Å². The Morgan fingerprint density at radius 3 is 3.20 bits per heavy atom. The number of aliphatic hydroxyl groups is 1. The number of ether oxygens (including phenoxy) is 1. The first kappa shape index (κ1) is 5.92. The largest absolute Gasteiger partial charge is 0.459 e. The molecular weight excluding hydrogens is 132 g/mol. The van der Waals surface area contributed by atoms with E-state index in [1.807, 2.05) is 12.2 Å². The molecule has 0 aromatic heterocycles. The third-order valence-corrected chi connectivity index (χ3v) is 2.03. The highest BCUT2D eigenvalue weighted by Gasteiger charge is 2.43. The highest BCUT2D eigenvalue weighted by molar-refractivity contribution is 5.78. The van der Waals surface area contributed by atoms with Crippen LogP contribution in [-0.2, 0) is 9.53 Å². The molecule has 10 heavy (non-hydrogen) atoms. The van der Waals surface area contributed by atoms with E-state index < -0.39 is 12.1 Å². The van der Waals surface area contributed by atoms with E-state index in [1.165, 1.54) is 0 Å². The zero-order valence-corrected chi connectivity index (χ0v) is 5.36. The first-order chi connectivity index (χ1) is 4.79. The van der Waals surface area contributed by atoms with E-state index in [9.17, 15) is 4.79 Å². The highest BCUT2D eigenvalue weighted by atomic mass is 16.6. The lowest BCUT2D eigenvalue weighted by Crippen LogP contribution is -2.20. The predicted molar refractivity (Wildman–Crippen MR) is 33.1 cm³/mol. The van der Waals surface area contributed by atoms with Gasteiger partial charge in [-0.3, -0.25) is 0 Å². The van der Waals surface area contributed by atoms with Gasteiger partial charge in [-0.05, 0) is 0 Å². The van der Waals surface area contributed by atoms with E-state index in [0.29, 0.717) is 0 Å². The third kappa shape index (κ3) is 0.609. The summed E-state index contributed by atoms with van der Waals surface area (Å²) >= 11 is 0. The predicted octanol–water partition coefficient (Wildman–Crippen LogP) is -0.151. The van der Waals surface area contributed by atoms with Gasteiger partial charge in [0.15, 0.2) is 6.10 Å². The monoisotopic (exact) mass is 140 g/mol. The van der Waals surface area contributed by atoms with Crippen molar-refractivity contribution in [3.05, 3.63) is 12.2 Å². The Hall–Kier alpha value is -0.830. The third-order valence-electron chi connectivity index (χ3n) is 2.03. The summed E-state index contributed by atoms with van der Waals surface area (Å²) in [6, 6.07) is 0. The summed E-state index contributed by atoms with van der Waals surface area (Å²) in [4.78, 5) is 10.7. The van der Waals surface area contributed by atoms with Gasteiger partial charge in [0.1, 0.15) is 6.10 Å². The summed E-state index contributed by atoms with van der Waals surface area (Å²) in [5, 5.41) is 9.14. The zero-order valence-electron chi connectivity index (χ0n) is 5.36. The van der Waals surface area contributed by atoms with Crippen LogP contribution in [0, 0.1) is 5.92 Å². The van der Waals surface area contributed by atoms with E-state index >= 15 is 0 Å². The Balaban J connectivity index is 2.23. The van der Waals surface area contributed by atoms with Gasteiger partial charge in [0, 0.05) is 6.42 Å². The van der Waals surface area contributed by atoms with Crippen molar-refractivity contribution in [3.8, 4) is 0 Å². The molecule has 1 saturated heterocycles. The van der Waals surface area contributed by atoms with Crippen molar-refractivity contribution in [2.45, 2.75) is 18.6 Å². The first-order valence-corrected chi connectivity index (χ1v) is 3.34. The van der Waals surface area contributed by atoms with Crippen LogP contribution in [0.3, 0.4) is 0 Å². The number of aliphatic hydroxyl groups excluding tert-OH is 1. The van der Waals surface area contributed by atoms with Crippen molar-refractivity contribution in [1.82, 2.24) is 0 Å². The van der Waals surface area contributed by atoms with Gasteiger partial charge in [-0.15, -0.1) is 0 Å². The Morgan fingerprint density at radius 1 is 1.70 bits per heavy atom. The van der Waals surface area contributed by atoms with Crippen LogP contribution >= 0.6 is 0 Å². The number of esters is 1. The molecule has 1 heterocycles. The number of hydrogen-bond acceptors (Lipinski definition) is 3. The second kappa shape index (κ2) is 1.83. The fourth-order valence-corrected chi connectivity index (χ4v) is 1.46. The fraction of sp³-hybridized carbons (Fsp3) is 0.571. The molecule has 0 amide bonds. The van der Waals surface area contributed by atoms with Crippen molar-refractivity contribution in [1.29, 1.82) is 0 Å². The number of carbonyl (C=O) groups is 1. The summed E-state index contributed by atoms with van der Waals surface area (Å²) in [7, 11) is 0. The SMILES string of the molecule is O=C1O[C@H]2CC=C[C@H]2[C@H]1O.